The molecule has 0 bridgehead atoms. The molecular formula is C18H30O2. The van der Waals surface area contributed by atoms with Crippen molar-refractivity contribution in [3.8, 4) is 5.75 Å². The molecular weight excluding hydrogens is 248 g/mol. The average Bonchev–Trinajstić information content (AvgIpc) is 2.36. The molecule has 1 aromatic rings. The third kappa shape index (κ3) is 5.16. The highest BCUT2D eigenvalue weighted by molar-refractivity contribution is 5.29. The minimum absolute atomic E-state index is 0.0559. The first-order valence-corrected chi connectivity index (χ1v) is 7.66. The minimum atomic E-state index is -0.239. The quantitative estimate of drug-likeness (QED) is 0.651. The SMILES string of the molecule is CCC(C)c1ccc(OC(OC(C)C)C(C)(C)C)cc1. The van der Waals surface area contributed by atoms with E-state index in [-0.39, 0.29) is 17.8 Å². The lowest BCUT2D eigenvalue weighted by Crippen LogP contribution is -2.36. The van der Waals surface area contributed by atoms with Crippen LogP contribution in [0.2, 0.25) is 0 Å². The zero-order chi connectivity index (χ0) is 15.3. The molecule has 0 saturated heterocycles. The molecule has 1 aromatic carbocycles. The summed E-state index contributed by atoms with van der Waals surface area (Å²) in [6.07, 6.45) is 1.07. The molecule has 2 heteroatoms. The normalized spacial score (nSPS) is 15.2. The number of benzene rings is 1. The molecule has 0 heterocycles. The van der Waals surface area contributed by atoms with Gasteiger partial charge in [0.2, 0.25) is 6.29 Å². The summed E-state index contributed by atoms with van der Waals surface area (Å²) < 4.78 is 11.9. The Bertz CT molecular complexity index is 387. The number of hydrogen-bond acceptors (Lipinski definition) is 2. The first-order valence-electron chi connectivity index (χ1n) is 7.66. The van der Waals surface area contributed by atoms with Crippen molar-refractivity contribution >= 4 is 0 Å². The van der Waals surface area contributed by atoms with Crippen molar-refractivity contribution in [2.24, 2.45) is 5.41 Å². The van der Waals surface area contributed by atoms with Gasteiger partial charge in [-0.25, -0.2) is 0 Å². The van der Waals surface area contributed by atoms with Crippen LogP contribution < -0.4 is 4.74 Å². The fraction of sp³-hybridized carbons (Fsp3) is 0.667. The van der Waals surface area contributed by atoms with Crippen molar-refractivity contribution < 1.29 is 9.47 Å². The molecule has 0 aliphatic carbocycles. The zero-order valence-corrected chi connectivity index (χ0v) is 14.1. The van der Waals surface area contributed by atoms with Crippen LogP contribution in [-0.4, -0.2) is 12.4 Å². The van der Waals surface area contributed by atoms with Gasteiger partial charge in [0.25, 0.3) is 0 Å². The number of ether oxygens (including phenoxy) is 2. The van der Waals surface area contributed by atoms with Crippen LogP contribution in [0.25, 0.3) is 0 Å². The molecule has 0 fully saturated rings. The predicted molar refractivity (Wildman–Crippen MR) is 85.2 cm³/mol. The van der Waals surface area contributed by atoms with E-state index in [4.69, 9.17) is 9.47 Å². The van der Waals surface area contributed by atoms with Crippen molar-refractivity contribution in [1.82, 2.24) is 0 Å². The Morgan fingerprint density at radius 3 is 1.95 bits per heavy atom. The van der Waals surface area contributed by atoms with Crippen molar-refractivity contribution in [2.45, 2.75) is 73.2 Å². The Balaban J connectivity index is 2.79. The van der Waals surface area contributed by atoms with Crippen molar-refractivity contribution in [3.05, 3.63) is 29.8 Å². The summed E-state index contributed by atoms with van der Waals surface area (Å²) in [7, 11) is 0. The molecule has 2 unspecified atom stereocenters. The Morgan fingerprint density at radius 1 is 1.00 bits per heavy atom. The van der Waals surface area contributed by atoms with Gasteiger partial charge in [-0.3, -0.25) is 0 Å². The molecule has 0 amide bonds. The van der Waals surface area contributed by atoms with Crippen LogP contribution >= 0.6 is 0 Å². The standard InChI is InChI=1S/C18H30O2/c1-8-14(4)15-9-11-16(12-10-15)20-17(18(5,6)7)19-13(2)3/h9-14,17H,8H2,1-7H3. The van der Waals surface area contributed by atoms with Crippen molar-refractivity contribution in [1.29, 1.82) is 0 Å². The molecule has 2 atom stereocenters. The van der Waals surface area contributed by atoms with Crippen LogP contribution in [0.1, 0.15) is 66.4 Å². The van der Waals surface area contributed by atoms with E-state index in [0.717, 1.165) is 12.2 Å². The van der Waals surface area contributed by atoms with Gasteiger partial charge in [0.15, 0.2) is 0 Å². The maximum atomic E-state index is 6.04. The van der Waals surface area contributed by atoms with Crippen LogP contribution in [0.15, 0.2) is 24.3 Å². The molecule has 0 aliphatic rings. The lowest BCUT2D eigenvalue weighted by molar-refractivity contribution is -0.162. The maximum Gasteiger partial charge on any atom is 0.204 e. The second kappa shape index (κ2) is 7.12. The topological polar surface area (TPSA) is 18.5 Å². The van der Waals surface area contributed by atoms with Crippen LogP contribution in [0.3, 0.4) is 0 Å². The Labute approximate surface area is 124 Å². The van der Waals surface area contributed by atoms with Gasteiger partial charge in [-0.15, -0.1) is 0 Å². The monoisotopic (exact) mass is 278 g/mol. The highest BCUT2D eigenvalue weighted by Gasteiger charge is 2.28. The molecule has 0 N–H and O–H groups in total. The molecule has 0 aliphatic heterocycles. The van der Waals surface area contributed by atoms with E-state index >= 15 is 0 Å². The van der Waals surface area contributed by atoms with Crippen LogP contribution in [0.5, 0.6) is 5.75 Å². The molecule has 0 radical (unpaired) electrons. The average molecular weight is 278 g/mol. The second-order valence-electron chi connectivity index (χ2n) is 6.88. The molecule has 0 saturated carbocycles. The first-order chi connectivity index (χ1) is 9.24. The van der Waals surface area contributed by atoms with E-state index in [2.05, 4.69) is 46.8 Å². The first kappa shape index (κ1) is 17.0. The van der Waals surface area contributed by atoms with Gasteiger partial charge in [0, 0.05) is 5.41 Å². The molecule has 1 rings (SSSR count). The summed E-state index contributed by atoms with van der Waals surface area (Å²) in [6.45, 7) is 14.9. The van der Waals surface area contributed by atoms with Gasteiger partial charge in [0.1, 0.15) is 5.75 Å². The summed E-state index contributed by atoms with van der Waals surface area (Å²) in [6, 6.07) is 8.39. The number of hydrogen-bond donors (Lipinski definition) is 0. The predicted octanol–water partition coefficient (Wildman–Crippen LogP) is 5.38. The molecule has 20 heavy (non-hydrogen) atoms. The van der Waals surface area contributed by atoms with Crippen molar-refractivity contribution in [3.63, 3.8) is 0 Å². The van der Waals surface area contributed by atoms with Gasteiger partial charge in [-0.05, 0) is 43.9 Å². The summed E-state index contributed by atoms with van der Waals surface area (Å²) >= 11 is 0. The minimum Gasteiger partial charge on any atom is -0.464 e. The smallest absolute Gasteiger partial charge is 0.204 e. The van der Waals surface area contributed by atoms with Gasteiger partial charge in [0.05, 0.1) is 6.10 Å². The Kier molecular flexibility index (Phi) is 6.07. The van der Waals surface area contributed by atoms with E-state index < -0.39 is 0 Å². The highest BCUT2D eigenvalue weighted by atomic mass is 16.7. The zero-order valence-electron chi connectivity index (χ0n) is 14.1. The van der Waals surface area contributed by atoms with E-state index in [0.29, 0.717) is 5.92 Å². The highest BCUT2D eigenvalue weighted by Crippen LogP contribution is 2.28. The van der Waals surface area contributed by atoms with Crippen LogP contribution in [-0.2, 0) is 4.74 Å². The summed E-state index contributed by atoms with van der Waals surface area (Å²) in [4.78, 5) is 0. The number of rotatable bonds is 6. The molecule has 114 valence electrons. The third-order valence-corrected chi connectivity index (χ3v) is 3.41. The summed E-state index contributed by atoms with van der Waals surface area (Å²) in [5, 5.41) is 0. The lowest BCUT2D eigenvalue weighted by Gasteiger charge is -2.32. The van der Waals surface area contributed by atoms with Crippen LogP contribution in [0.4, 0.5) is 0 Å². The van der Waals surface area contributed by atoms with E-state index in [9.17, 15) is 0 Å². The van der Waals surface area contributed by atoms with Crippen LogP contribution in [0, 0.1) is 5.41 Å². The fourth-order valence-corrected chi connectivity index (χ4v) is 1.89. The van der Waals surface area contributed by atoms with E-state index in [1.165, 1.54) is 5.56 Å². The van der Waals surface area contributed by atoms with E-state index in [1.807, 2.05) is 26.0 Å². The van der Waals surface area contributed by atoms with Gasteiger partial charge >= 0.3 is 0 Å². The fourth-order valence-electron chi connectivity index (χ4n) is 1.89. The maximum absolute atomic E-state index is 6.04. The third-order valence-electron chi connectivity index (χ3n) is 3.41. The van der Waals surface area contributed by atoms with Crippen molar-refractivity contribution in [2.75, 3.05) is 0 Å². The second-order valence-corrected chi connectivity index (χ2v) is 6.88. The van der Waals surface area contributed by atoms with E-state index in [1.54, 1.807) is 0 Å². The lowest BCUT2D eigenvalue weighted by atomic mass is 9.95. The molecule has 0 spiro atoms. The Hall–Kier alpha value is -1.02. The molecule has 0 aromatic heterocycles. The largest absolute Gasteiger partial charge is 0.464 e. The van der Waals surface area contributed by atoms with Gasteiger partial charge in [-0.1, -0.05) is 46.8 Å². The summed E-state index contributed by atoms with van der Waals surface area (Å²) in [5.41, 5.74) is 1.30. The Morgan fingerprint density at radius 2 is 1.55 bits per heavy atom. The summed E-state index contributed by atoms with van der Waals surface area (Å²) in [5.74, 6) is 1.46. The molecule has 2 nitrogen and oxygen atoms in total. The van der Waals surface area contributed by atoms with Gasteiger partial charge < -0.3 is 9.47 Å². The van der Waals surface area contributed by atoms with Gasteiger partial charge in [-0.2, -0.15) is 0 Å².